The molecule has 11 heteroatoms. The number of fused-ring (bicyclic) bond motifs is 6. The van der Waals surface area contributed by atoms with Crippen LogP contribution in [0.25, 0.3) is 0 Å². The maximum Gasteiger partial charge on any atom is 0.264 e. The minimum Gasteiger partial charge on any atom is -0.490 e. The molecular weight excluding hydrogens is 631 g/mol. The van der Waals surface area contributed by atoms with Crippen molar-refractivity contribution in [3.8, 4) is 5.75 Å². The Kier molecular flexibility index (Phi) is 8.21. The van der Waals surface area contributed by atoms with E-state index < -0.39 is 26.6 Å². The van der Waals surface area contributed by atoms with Crippen LogP contribution in [0.3, 0.4) is 0 Å². The van der Waals surface area contributed by atoms with Gasteiger partial charge in [0.2, 0.25) is 10.0 Å². The van der Waals surface area contributed by atoms with Crippen LogP contribution >= 0.6 is 11.6 Å². The summed E-state index contributed by atoms with van der Waals surface area (Å²) in [5, 5.41) is -0.696. The van der Waals surface area contributed by atoms with E-state index in [1.54, 1.807) is 31.2 Å². The number of benzene rings is 2. The zero-order valence-corrected chi connectivity index (χ0v) is 27.7. The number of rotatable bonds is 3. The van der Waals surface area contributed by atoms with Crippen molar-refractivity contribution >= 4 is 39.5 Å². The first-order chi connectivity index (χ1) is 22.0. The van der Waals surface area contributed by atoms with Gasteiger partial charge in [0.25, 0.3) is 5.91 Å². The van der Waals surface area contributed by atoms with Crippen molar-refractivity contribution < 1.29 is 31.9 Å². The lowest BCUT2D eigenvalue weighted by molar-refractivity contribution is -0.116. The summed E-state index contributed by atoms with van der Waals surface area (Å²) in [6.45, 7) is 5.04. The second-order valence-electron chi connectivity index (χ2n) is 13.9. The summed E-state index contributed by atoms with van der Waals surface area (Å²) in [7, 11) is -3.98. The number of ether oxygens (including phenoxy) is 2. The number of carbonyl (C=O) groups is 2. The lowest BCUT2D eigenvalue weighted by Gasteiger charge is -2.48. The van der Waals surface area contributed by atoms with E-state index in [9.17, 15) is 18.0 Å². The molecule has 246 valence electrons. The fourth-order valence-corrected chi connectivity index (χ4v) is 9.92. The van der Waals surface area contributed by atoms with Crippen LogP contribution in [0.1, 0.15) is 67.4 Å². The molecule has 1 fully saturated rings. The van der Waals surface area contributed by atoms with Gasteiger partial charge in [-0.15, -0.1) is 0 Å². The highest BCUT2D eigenvalue weighted by Gasteiger charge is 2.47. The van der Waals surface area contributed by atoms with E-state index in [-0.39, 0.29) is 52.8 Å². The van der Waals surface area contributed by atoms with Crippen molar-refractivity contribution in [3.05, 3.63) is 69.5 Å². The van der Waals surface area contributed by atoms with Crippen LogP contribution in [0.2, 0.25) is 5.02 Å². The molecule has 1 amide bonds. The molecule has 0 aromatic heterocycles. The Labute approximate surface area is 274 Å². The third-order valence-electron chi connectivity index (χ3n) is 11.5. The Morgan fingerprint density at radius 3 is 2.76 bits per heavy atom. The molecule has 7 atom stereocenters. The SMILES string of the molecule is C[C@@H]1[C@@H](C)S(=O)(=O)NC(=O)c2ccc3c(c2)N(C[C@@H]2CC[C@H]2[C@@H](OCC=O)C2=C[C@H]1C2)C[C@@]1(CCCc2c1ccc(Cl)c2F)CO3. The molecule has 4 bridgehead atoms. The Morgan fingerprint density at radius 2 is 2.02 bits per heavy atom. The molecule has 3 aliphatic carbocycles. The lowest BCUT2D eigenvalue weighted by Crippen LogP contribution is -2.51. The van der Waals surface area contributed by atoms with E-state index in [0.717, 1.165) is 43.1 Å². The molecule has 8 rings (SSSR count). The Balaban J connectivity index is 1.32. The monoisotopic (exact) mass is 670 g/mol. The van der Waals surface area contributed by atoms with E-state index in [1.807, 2.05) is 13.0 Å². The molecule has 0 saturated heterocycles. The average Bonchev–Trinajstić information content (AvgIpc) is 3.15. The van der Waals surface area contributed by atoms with Gasteiger partial charge in [0, 0.05) is 24.1 Å². The molecule has 2 aromatic rings. The quantitative estimate of drug-likeness (QED) is 0.335. The van der Waals surface area contributed by atoms with Gasteiger partial charge in [-0.05, 0) is 110 Å². The highest BCUT2D eigenvalue weighted by Crippen LogP contribution is 2.50. The van der Waals surface area contributed by atoms with Gasteiger partial charge >= 0.3 is 0 Å². The molecule has 46 heavy (non-hydrogen) atoms. The number of halogens is 2. The zero-order chi connectivity index (χ0) is 32.4. The van der Waals surface area contributed by atoms with E-state index in [2.05, 4.69) is 15.7 Å². The minimum atomic E-state index is -3.98. The predicted octanol–water partition coefficient (Wildman–Crippen LogP) is 5.61. The third-order valence-corrected chi connectivity index (χ3v) is 13.6. The summed E-state index contributed by atoms with van der Waals surface area (Å²) < 4.78 is 57.2. The number of aldehydes is 1. The van der Waals surface area contributed by atoms with Crippen LogP contribution in [-0.4, -0.2) is 58.3 Å². The summed E-state index contributed by atoms with van der Waals surface area (Å²) >= 11 is 6.21. The van der Waals surface area contributed by atoms with Crippen LogP contribution in [0.4, 0.5) is 10.1 Å². The molecule has 3 heterocycles. The molecule has 0 radical (unpaired) electrons. The highest BCUT2D eigenvalue weighted by atomic mass is 35.5. The van der Waals surface area contributed by atoms with Crippen molar-refractivity contribution in [2.45, 2.75) is 69.1 Å². The van der Waals surface area contributed by atoms with Crippen molar-refractivity contribution in [2.75, 3.05) is 31.2 Å². The number of sulfonamides is 1. The Hall–Kier alpha value is -2.95. The first kappa shape index (κ1) is 31.6. The smallest absolute Gasteiger partial charge is 0.264 e. The average molecular weight is 671 g/mol. The molecule has 2 aromatic carbocycles. The fourth-order valence-electron chi connectivity index (χ4n) is 8.41. The standard InChI is InChI=1S/C35H40ClFN2O6S/c1-20-21(2)46(42,43)38-34(41)22-6-10-31-30(16-22)39(17-23-5-7-26(23)33(44-13-12-40)25-14-24(20)15-25)18-35(19-45-31)11-3-4-27-28(35)8-9-29(36)32(27)37/h6,8-10,12,14,16,20-21,23-24,26,33H,3-5,7,11,13,15,17-19H2,1-2H3,(H,38,41)/t20-,21-,23+,24+,26-,33+,35+/m1/s1. The second kappa shape index (κ2) is 11.9. The van der Waals surface area contributed by atoms with E-state index in [0.29, 0.717) is 49.5 Å². The van der Waals surface area contributed by atoms with Crippen molar-refractivity contribution in [2.24, 2.45) is 23.7 Å². The number of hydrogen-bond donors (Lipinski definition) is 1. The maximum atomic E-state index is 15.4. The molecule has 1 saturated carbocycles. The largest absolute Gasteiger partial charge is 0.490 e. The zero-order valence-electron chi connectivity index (χ0n) is 26.1. The summed E-state index contributed by atoms with van der Waals surface area (Å²) in [6.07, 6.45) is 7.47. The van der Waals surface area contributed by atoms with E-state index in [1.165, 1.54) is 0 Å². The number of nitrogens with one attached hydrogen (secondary N) is 1. The summed E-state index contributed by atoms with van der Waals surface area (Å²) in [4.78, 5) is 27.1. The number of hydrogen-bond acceptors (Lipinski definition) is 7. The van der Waals surface area contributed by atoms with E-state index in [4.69, 9.17) is 21.1 Å². The third kappa shape index (κ3) is 5.34. The molecule has 1 spiro atoms. The fraction of sp³-hybridized carbons (Fsp3) is 0.543. The minimum absolute atomic E-state index is 0.0000268. The summed E-state index contributed by atoms with van der Waals surface area (Å²) in [5.41, 5.74) is 3.05. The number of amides is 1. The van der Waals surface area contributed by atoms with Gasteiger partial charge in [-0.2, -0.15) is 0 Å². The van der Waals surface area contributed by atoms with Crippen LogP contribution in [0.5, 0.6) is 5.75 Å². The van der Waals surface area contributed by atoms with Crippen LogP contribution in [0, 0.1) is 29.5 Å². The van der Waals surface area contributed by atoms with Gasteiger partial charge in [-0.1, -0.05) is 30.7 Å². The van der Waals surface area contributed by atoms with Crippen LogP contribution in [0.15, 0.2) is 42.0 Å². The van der Waals surface area contributed by atoms with Crippen molar-refractivity contribution in [3.63, 3.8) is 0 Å². The number of anilines is 1. The van der Waals surface area contributed by atoms with Gasteiger partial charge in [-0.25, -0.2) is 17.5 Å². The van der Waals surface area contributed by atoms with Crippen molar-refractivity contribution in [1.29, 1.82) is 0 Å². The second-order valence-corrected chi connectivity index (χ2v) is 16.4. The molecule has 8 nitrogen and oxygen atoms in total. The number of allylic oxidation sites excluding steroid dienone is 1. The van der Waals surface area contributed by atoms with Crippen LogP contribution in [-0.2, 0) is 31.4 Å². The number of carbonyl (C=O) groups excluding carboxylic acids is 2. The maximum absolute atomic E-state index is 15.4. The molecule has 6 aliphatic rings. The Bertz CT molecular complexity index is 1710. The van der Waals surface area contributed by atoms with Gasteiger partial charge in [-0.3, -0.25) is 4.79 Å². The van der Waals surface area contributed by atoms with Crippen LogP contribution < -0.4 is 14.4 Å². The number of nitrogens with zero attached hydrogens (tertiary/aromatic N) is 1. The Morgan fingerprint density at radius 1 is 1.22 bits per heavy atom. The molecule has 3 aliphatic heterocycles. The van der Waals surface area contributed by atoms with Gasteiger partial charge in [0.05, 0.1) is 28.7 Å². The molecular formula is C35H40ClFN2O6S. The molecule has 0 unspecified atom stereocenters. The predicted molar refractivity (Wildman–Crippen MR) is 173 cm³/mol. The highest BCUT2D eigenvalue weighted by molar-refractivity contribution is 7.90. The van der Waals surface area contributed by atoms with E-state index >= 15 is 4.39 Å². The first-order valence-electron chi connectivity index (χ1n) is 16.3. The summed E-state index contributed by atoms with van der Waals surface area (Å²) in [5.74, 6) is -0.238. The first-order valence-corrected chi connectivity index (χ1v) is 18.2. The molecule has 1 N–H and O–H groups in total. The summed E-state index contributed by atoms with van der Waals surface area (Å²) in [6, 6.07) is 8.60. The topological polar surface area (TPSA) is 102 Å². The van der Waals surface area contributed by atoms with Gasteiger partial charge in [0.1, 0.15) is 24.5 Å². The lowest BCUT2D eigenvalue weighted by atomic mass is 9.64. The van der Waals surface area contributed by atoms with Gasteiger partial charge in [0.15, 0.2) is 0 Å². The normalized spacial score (nSPS) is 33.2. The van der Waals surface area contributed by atoms with Gasteiger partial charge < -0.3 is 19.2 Å². The van der Waals surface area contributed by atoms with Crippen molar-refractivity contribution in [1.82, 2.24) is 4.72 Å².